The molecule has 0 radical (unpaired) electrons. The fourth-order valence-electron chi connectivity index (χ4n) is 2.23. The van der Waals surface area contributed by atoms with E-state index in [2.05, 4.69) is 10.3 Å². The number of carbonyl (C=O) groups is 1. The van der Waals surface area contributed by atoms with Crippen molar-refractivity contribution in [1.82, 2.24) is 0 Å². The van der Waals surface area contributed by atoms with Gasteiger partial charge in [0.05, 0.1) is 23.8 Å². The van der Waals surface area contributed by atoms with E-state index in [-0.39, 0.29) is 23.1 Å². The normalized spacial score (nSPS) is 14.5. The Morgan fingerprint density at radius 3 is 2.74 bits per heavy atom. The molecule has 0 saturated heterocycles. The Labute approximate surface area is 135 Å². The van der Waals surface area contributed by atoms with Gasteiger partial charge < -0.3 is 10.1 Å². The standard InChI is InChI=1S/C15H10ClN3O4/c1-23-13-7-9(19(21)22)3-5-12(13)17-14-10-6-8(16)2-4-11(10)18-15(14)20/h2-7H,1H3,(H,17,18,20). The summed E-state index contributed by atoms with van der Waals surface area (Å²) in [7, 11) is 1.38. The Hall–Kier alpha value is -2.93. The van der Waals surface area contributed by atoms with Gasteiger partial charge in [-0.1, -0.05) is 11.6 Å². The zero-order chi connectivity index (χ0) is 16.6. The second-order valence-corrected chi connectivity index (χ2v) is 5.15. The Bertz CT molecular complexity index is 864. The van der Waals surface area contributed by atoms with E-state index < -0.39 is 4.92 Å². The number of rotatable bonds is 3. The first-order valence-electron chi connectivity index (χ1n) is 6.52. The van der Waals surface area contributed by atoms with Crippen LogP contribution in [0.4, 0.5) is 17.1 Å². The Kier molecular flexibility index (Phi) is 3.71. The number of nitro benzene ring substituents is 1. The van der Waals surface area contributed by atoms with Crippen LogP contribution in [0, 0.1) is 10.1 Å². The third kappa shape index (κ3) is 2.74. The lowest BCUT2D eigenvalue weighted by atomic mass is 10.1. The number of nitrogens with zero attached hydrogens (tertiary/aromatic N) is 2. The number of fused-ring (bicyclic) bond motifs is 1. The van der Waals surface area contributed by atoms with Crippen molar-refractivity contribution in [2.75, 3.05) is 12.4 Å². The molecule has 1 heterocycles. The van der Waals surface area contributed by atoms with E-state index in [1.807, 2.05) is 0 Å². The van der Waals surface area contributed by atoms with E-state index in [4.69, 9.17) is 16.3 Å². The van der Waals surface area contributed by atoms with Gasteiger partial charge >= 0.3 is 0 Å². The van der Waals surface area contributed by atoms with E-state index in [1.54, 1.807) is 18.2 Å². The zero-order valence-corrected chi connectivity index (χ0v) is 12.6. The summed E-state index contributed by atoms with van der Waals surface area (Å²) in [6.07, 6.45) is 0. The molecular formula is C15H10ClN3O4. The number of benzene rings is 2. The molecule has 2 aromatic rings. The van der Waals surface area contributed by atoms with Crippen LogP contribution >= 0.6 is 11.6 Å². The first-order chi connectivity index (χ1) is 11.0. The van der Waals surface area contributed by atoms with Gasteiger partial charge in [0.2, 0.25) is 0 Å². The van der Waals surface area contributed by atoms with Crippen molar-refractivity contribution in [2.24, 2.45) is 4.99 Å². The van der Waals surface area contributed by atoms with Crippen molar-refractivity contribution < 1.29 is 14.5 Å². The minimum Gasteiger partial charge on any atom is -0.494 e. The molecule has 0 fully saturated rings. The predicted octanol–water partition coefficient (Wildman–Crippen LogP) is 3.33. The third-order valence-electron chi connectivity index (χ3n) is 3.31. The molecule has 8 heteroatoms. The highest BCUT2D eigenvalue weighted by atomic mass is 35.5. The van der Waals surface area contributed by atoms with Gasteiger partial charge in [-0.15, -0.1) is 0 Å². The lowest BCUT2D eigenvalue weighted by Crippen LogP contribution is -2.14. The van der Waals surface area contributed by atoms with Gasteiger partial charge in [-0.3, -0.25) is 14.9 Å². The van der Waals surface area contributed by atoms with Crippen LogP contribution in [-0.2, 0) is 4.79 Å². The number of ether oxygens (including phenoxy) is 1. The molecule has 0 saturated carbocycles. The summed E-state index contributed by atoms with van der Waals surface area (Å²) in [6, 6.07) is 8.96. The summed E-state index contributed by atoms with van der Waals surface area (Å²) in [5.41, 5.74) is 1.55. The van der Waals surface area contributed by atoms with Gasteiger partial charge in [-0.25, -0.2) is 4.99 Å². The highest BCUT2D eigenvalue weighted by Gasteiger charge is 2.26. The van der Waals surface area contributed by atoms with Crippen molar-refractivity contribution in [3.8, 4) is 5.75 Å². The average molecular weight is 332 g/mol. The summed E-state index contributed by atoms with van der Waals surface area (Å²) < 4.78 is 5.12. The van der Waals surface area contributed by atoms with Crippen LogP contribution in [0.2, 0.25) is 5.02 Å². The molecule has 0 atom stereocenters. The van der Waals surface area contributed by atoms with Gasteiger partial charge in [0.15, 0.2) is 5.75 Å². The molecule has 3 rings (SSSR count). The Balaban J connectivity index is 2.11. The summed E-state index contributed by atoms with van der Waals surface area (Å²) in [5.74, 6) is -0.169. The van der Waals surface area contributed by atoms with E-state index in [1.165, 1.54) is 25.3 Å². The zero-order valence-electron chi connectivity index (χ0n) is 11.9. The molecule has 1 amide bonds. The molecule has 23 heavy (non-hydrogen) atoms. The van der Waals surface area contributed by atoms with Gasteiger partial charge in [0.25, 0.3) is 11.6 Å². The van der Waals surface area contributed by atoms with Gasteiger partial charge in [-0.2, -0.15) is 0 Å². The average Bonchev–Trinajstić information content (AvgIpc) is 2.83. The largest absolute Gasteiger partial charge is 0.494 e. The van der Waals surface area contributed by atoms with Crippen molar-refractivity contribution in [3.63, 3.8) is 0 Å². The fraction of sp³-hybridized carbons (Fsp3) is 0.0667. The number of aliphatic imine (C=N–C) groups is 1. The van der Waals surface area contributed by atoms with Crippen LogP contribution in [-0.4, -0.2) is 23.7 Å². The van der Waals surface area contributed by atoms with Crippen molar-refractivity contribution in [3.05, 3.63) is 57.1 Å². The number of anilines is 1. The summed E-state index contributed by atoms with van der Waals surface area (Å²) >= 11 is 5.96. The molecular weight excluding hydrogens is 322 g/mol. The molecule has 1 N–H and O–H groups in total. The van der Waals surface area contributed by atoms with E-state index in [9.17, 15) is 14.9 Å². The second kappa shape index (κ2) is 5.69. The summed E-state index contributed by atoms with van der Waals surface area (Å²) in [5, 5.41) is 14.0. The van der Waals surface area contributed by atoms with Gasteiger partial charge in [0, 0.05) is 16.7 Å². The summed E-state index contributed by atoms with van der Waals surface area (Å²) in [6.45, 7) is 0. The maximum absolute atomic E-state index is 12.1. The molecule has 116 valence electrons. The van der Waals surface area contributed by atoms with Crippen LogP contribution in [0.25, 0.3) is 0 Å². The van der Waals surface area contributed by atoms with Crippen LogP contribution in [0.3, 0.4) is 0 Å². The second-order valence-electron chi connectivity index (χ2n) is 4.72. The number of hydrogen-bond donors (Lipinski definition) is 1. The Morgan fingerprint density at radius 2 is 2.04 bits per heavy atom. The number of hydrogen-bond acceptors (Lipinski definition) is 5. The first-order valence-corrected chi connectivity index (χ1v) is 6.90. The third-order valence-corrected chi connectivity index (χ3v) is 3.54. The molecule has 0 spiro atoms. The molecule has 0 aromatic heterocycles. The first kappa shape index (κ1) is 15.0. The maximum Gasteiger partial charge on any atom is 0.275 e. The van der Waals surface area contributed by atoms with Crippen LogP contribution in [0.1, 0.15) is 5.56 Å². The van der Waals surface area contributed by atoms with E-state index in [0.717, 1.165) is 0 Å². The van der Waals surface area contributed by atoms with Crippen LogP contribution in [0.5, 0.6) is 5.75 Å². The SMILES string of the molecule is COc1cc([N+](=O)[O-])ccc1N=C1C(=O)Nc2ccc(Cl)cc21. The number of halogens is 1. The number of amides is 1. The monoisotopic (exact) mass is 331 g/mol. The topological polar surface area (TPSA) is 93.8 Å². The number of methoxy groups -OCH3 is 1. The number of nitro groups is 1. The Morgan fingerprint density at radius 1 is 1.26 bits per heavy atom. The van der Waals surface area contributed by atoms with Crippen molar-refractivity contribution >= 4 is 40.3 Å². The minimum atomic E-state index is -0.531. The van der Waals surface area contributed by atoms with Crippen LogP contribution in [0.15, 0.2) is 41.4 Å². The van der Waals surface area contributed by atoms with E-state index in [0.29, 0.717) is 22.0 Å². The highest BCUT2D eigenvalue weighted by Crippen LogP contribution is 2.34. The highest BCUT2D eigenvalue weighted by molar-refractivity contribution is 6.54. The number of nitrogens with one attached hydrogen (secondary N) is 1. The van der Waals surface area contributed by atoms with Crippen LogP contribution < -0.4 is 10.1 Å². The summed E-state index contributed by atoms with van der Waals surface area (Å²) in [4.78, 5) is 26.7. The number of non-ortho nitro benzene ring substituents is 1. The smallest absolute Gasteiger partial charge is 0.275 e. The molecule has 1 aliphatic heterocycles. The maximum atomic E-state index is 12.1. The van der Waals surface area contributed by atoms with Crippen molar-refractivity contribution in [2.45, 2.75) is 0 Å². The fourth-order valence-corrected chi connectivity index (χ4v) is 2.40. The van der Waals surface area contributed by atoms with E-state index >= 15 is 0 Å². The van der Waals surface area contributed by atoms with Gasteiger partial charge in [-0.05, 0) is 24.3 Å². The quantitative estimate of drug-likeness (QED) is 0.689. The minimum absolute atomic E-state index is 0.120. The lowest BCUT2D eigenvalue weighted by molar-refractivity contribution is -0.384. The lowest BCUT2D eigenvalue weighted by Gasteiger charge is -2.05. The predicted molar refractivity (Wildman–Crippen MR) is 85.9 cm³/mol. The molecule has 0 bridgehead atoms. The van der Waals surface area contributed by atoms with Crippen molar-refractivity contribution in [1.29, 1.82) is 0 Å². The molecule has 0 unspecified atom stereocenters. The number of carbonyl (C=O) groups excluding carboxylic acids is 1. The molecule has 0 aliphatic carbocycles. The molecule has 1 aliphatic rings. The molecule has 7 nitrogen and oxygen atoms in total. The molecule has 2 aromatic carbocycles. The van der Waals surface area contributed by atoms with Gasteiger partial charge in [0.1, 0.15) is 11.4 Å².